The molecule has 1 aromatic heterocycles. The minimum atomic E-state index is 0.494. The normalized spacial score (nSPS) is 10.2. The van der Waals surface area contributed by atoms with Crippen LogP contribution in [0.15, 0.2) is 22.8 Å². The van der Waals surface area contributed by atoms with Crippen molar-refractivity contribution in [2.24, 2.45) is 7.05 Å². The molecule has 0 amide bonds. The predicted octanol–water partition coefficient (Wildman–Crippen LogP) is 3.04. The molecule has 18 heavy (non-hydrogen) atoms. The number of rotatable bonds is 2. The fourth-order valence-corrected chi connectivity index (χ4v) is 2.35. The Morgan fingerprint density at radius 3 is 2.72 bits per heavy atom. The maximum absolute atomic E-state index is 9.07. The number of nitriles is 1. The maximum atomic E-state index is 9.07. The number of imidazole rings is 1. The molecule has 0 aliphatic rings. The molecule has 2 aromatic rings. The SMILES string of the molecule is COc1ccc(C)cc1-c1nc(Br)c(C#N)n1C. The number of halogens is 1. The maximum Gasteiger partial charge on any atom is 0.154 e. The number of hydrogen-bond acceptors (Lipinski definition) is 3. The van der Waals surface area contributed by atoms with E-state index in [0.29, 0.717) is 16.1 Å². The number of methoxy groups -OCH3 is 1. The van der Waals surface area contributed by atoms with Crippen molar-refractivity contribution in [1.82, 2.24) is 9.55 Å². The van der Waals surface area contributed by atoms with Gasteiger partial charge in [-0.2, -0.15) is 5.26 Å². The zero-order valence-electron chi connectivity index (χ0n) is 10.4. The summed E-state index contributed by atoms with van der Waals surface area (Å²) in [6.07, 6.45) is 0. The molecule has 0 radical (unpaired) electrons. The first kappa shape index (κ1) is 12.7. The number of ether oxygens (including phenoxy) is 1. The van der Waals surface area contributed by atoms with E-state index in [1.165, 1.54) is 0 Å². The number of nitrogens with zero attached hydrogens (tertiary/aromatic N) is 3. The molecule has 1 heterocycles. The lowest BCUT2D eigenvalue weighted by Crippen LogP contribution is -1.98. The molecular formula is C13H12BrN3O. The van der Waals surface area contributed by atoms with Gasteiger partial charge in [-0.1, -0.05) is 11.6 Å². The van der Waals surface area contributed by atoms with Crippen LogP contribution in [-0.2, 0) is 7.05 Å². The van der Waals surface area contributed by atoms with Crippen molar-refractivity contribution in [3.8, 4) is 23.2 Å². The molecule has 0 unspecified atom stereocenters. The molecule has 5 heteroatoms. The Labute approximate surface area is 114 Å². The van der Waals surface area contributed by atoms with E-state index in [1.54, 1.807) is 11.7 Å². The molecule has 0 aliphatic carbocycles. The molecule has 92 valence electrons. The van der Waals surface area contributed by atoms with Gasteiger partial charge in [-0.15, -0.1) is 0 Å². The summed E-state index contributed by atoms with van der Waals surface area (Å²) in [6.45, 7) is 2.01. The largest absolute Gasteiger partial charge is 0.496 e. The van der Waals surface area contributed by atoms with Gasteiger partial charge < -0.3 is 9.30 Å². The van der Waals surface area contributed by atoms with Crippen molar-refractivity contribution in [3.05, 3.63) is 34.1 Å². The summed E-state index contributed by atoms with van der Waals surface area (Å²) < 4.78 is 7.64. The zero-order valence-corrected chi connectivity index (χ0v) is 11.9. The summed E-state index contributed by atoms with van der Waals surface area (Å²) >= 11 is 3.30. The van der Waals surface area contributed by atoms with Crippen molar-refractivity contribution in [2.45, 2.75) is 6.92 Å². The van der Waals surface area contributed by atoms with Gasteiger partial charge in [0.05, 0.1) is 12.7 Å². The number of benzene rings is 1. The Kier molecular flexibility index (Phi) is 3.39. The quantitative estimate of drug-likeness (QED) is 0.857. The molecule has 0 saturated carbocycles. The smallest absolute Gasteiger partial charge is 0.154 e. The average molecular weight is 306 g/mol. The minimum absolute atomic E-state index is 0.494. The second-order valence-corrected chi connectivity index (χ2v) is 4.70. The van der Waals surface area contributed by atoms with E-state index >= 15 is 0 Å². The standard InChI is InChI=1S/C13H12BrN3O/c1-8-4-5-11(18-3)9(6-8)13-16-12(14)10(7-15)17(13)2/h4-6H,1-3H3. The Bertz CT molecular complexity index is 640. The van der Waals surface area contributed by atoms with Crippen LogP contribution in [0.4, 0.5) is 0 Å². The number of aryl methyl sites for hydroxylation is 1. The summed E-state index contributed by atoms with van der Waals surface area (Å²) in [4.78, 5) is 4.38. The van der Waals surface area contributed by atoms with Gasteiger partial charge in [0.25, 0.3) is 0 Å². The fraction of sp³-hybridized carbons (Fsp3) is 0.231. The highest BCUT2D eigenvalue weighted by Gasteiger charge is 2.17. The van der Waals surface area contributed by atoms with E-state index in [2.05, 4.69) is 27.0 Å². The Hall–Kier alpha value is -1.80. The van der Waals surface area contributed by atoms with Crippen LogP contribution in [0.5, 0.6) is 5.75 Å². The second kappa shape index (κ2) is 4.83. The molecule has 4 nitrogen and oxygen atoms in total. The van der Waals surface area contributed by atoms with Crippen molar-refractivity contribution in [1.29, 1.82) is 5.26 Å². The monoisotopic (exact) mass is 305 g/mol. The number of aromatic nitrogens is 2. The van der Waals surface area contributed by atoms with Gasteiger partial charge in [-0.05, 0) is 35.0 Å². The molecule has 0 bridgehead atoms. The van der Waals surface area contributed by atoms with Crippen molar-refractivity contribution < 1.29 is 4.74 Å². The van der Waals surface area contributed by atoms with Crippen LogP contribution in [0.1, 0.15) is 11.3 Å². The van der Waals surface area contributed by atoms with Crippen LogP contribution in [0.3, 0.4) is 0 Å². The van der Waals surface area contributed by atoms with E-state index < -0.39 is 0 Å². The van der Waals surface area contributed by atoms with Gasteiger partial charge in [0.2, 0.25) is 0 Å². The zero-order chi connectivity index (χ0) is 13.3. The van der Waals surface area contributed by atoms with E-state index in [1.807, 2.05) is 32.2 Å². The van der Waals surface area contributed by atoms with Crippen LogP contribution in [0.2, 0.25) is 0 Å². The highest BCUT2D eigenvalue weighted by atomic mass is 79.9. The van der Waals surface area contributed by atoms with Gasteiger partial charge in [0, 0.05) is 7.05 Å². The van der Waals surface area contributed by atoms with Crippen LogP contribution in [-0.4, -0.2) is 16.7 Å². The van der Waals surface area contributed by atoms with Crippen LogP contribution in [0.25, 0.3) is 11.4 Å². The van der Waals surface area contributed by atoms with E-state index in [0.717, 1.165) is 16.9 Å². The van der Waals surface area contributed by atoms with E-state index in [4.69, 9.17) is 10.00 Å². The van der Waals surface area contributed by atoms with Gasteiger partial charge in [0.1, 0.15) is 22.2 Å². The molecule has 0 fully saturated rings. The fourth-order valence-electron chi connectivity index (χ4n) is 1.82. The Morgan fingerprint density at radius 2 is 2.17 bits per heavy atom. The molecule has 0 aliphatic heterocycles. The van der Waals surface area contributed by atoms with Gasteiger partial charge in [-0.3, -0.25) is 0 Å². The van der Waals surface area contributed by atoms with E-state index in [-0.39, 0.29) is 0 Å². The van der Waals surface area contributed by atoms with Crippen LogP contribution >= 0.6 is 15.9 Å². The molecule has 0 saturated heterocycles. The third kappa shape index (κ3) is 2.00. The molecule has 1 aromatic carbocycles. The lowest BCUT2D eigenvalue weighted by Gasteiger charge is -2.09. The number of hydrogen-bond donors (Lipinski definition) is 0. The first-order valence-corrected chi connectivity index (χ1v) is 6.15. The van der Waals surface area contributed by atoms with Crippen molar-refractivity contribution in [3.63, 3.8) is 0 Å². The van der Waals surface area contributed by atoms with Crippen molar-refractivity contribution in [2.75, 3.05) is 7.11 Å². The second-order valence-electron chi connectivity index (χ2n) is 3.95. The van der Waals surface area contributed by atoms with Gasteiger partial charge in [0.15, 0.2) is 5.69 Å². The summed E-state index contributed by atoms with van der Waals surface area (Å²) in [5.74, 6) is 1.45. The lowest BCUT2D eigenvalue weighted by atomic mass is 10.1. The summed E-state index contributed by atoms with van der Waals surface area (Å²) in [5, 5.41) is 9.07. The predicted molar refractivity (Wildman–Crippen MR) is 72.3 cm³/mol. The van der Waals surface area contributed by atoms with Crippen LogP contribution < -0.4 is 4.74 Å². The highest BCUT2D eigenvalue weighted by molar-refractivity contribution is 9.10. The first-order valence-electron chi connectivity index (χ1n) is 5.35. The van der Waals surface area contributed by atoms with Crippen LogP contribution in [0, 0.1) is 18.3 Å². The topological polar surface area (TPSA) is 50.8 Å². The summed E-state index contributed by atoms with van der Waals surface area (Å²) in [6, 6.07) is 7.99. The van der Waals surface area contributed by atoms with E-state index in [9.17, 15) is 0 Å². The third-order valence-corrected chi connectivity index (χ3v) is 3.31. The van der Waals surface area contributed by atoms with Gasteiger partial charge in [-0.25, -0.2) is 4.98 Å². The molecule has 0 spiro atoms. The molecule has 0 atom stereocenters. The third-order valence-electron chi connectivity index (χ3n) is 2.75. The summed E-state index contributed by atoms with van der Waals surface area (Å²) in [5.41, 5.74) is 2.49. The lowest BCUT2D eigenvalue weighted by molar-refractivity contribution is 0.416. The first-order chi connectivity index (χ1) is 8.58. The van der Waals surface area contributed by atoms with Crippen molar-refractivity contribution >= 4 is 15.9 Å². The molecule has 2 rings (SSSR count). The summed E-state index contributed by atoms with van der Waals surface area (Å²) in [7, 11) is 3.44. The molecular weight excluding hydrogens is 294 g/mol. The minimum Gasteiger partial charge on any atom is -0.496 e. The Balaban J connectivity index is 2.70. The van der Waals surface area contributed by atoms with Gasteiger partial charge >= 0.3 is 0 Å². The molecule has 0 N–H and O–H groups in total. The average Bonchev–Trinajstić information content (AvgIpc) is 2.64. The highest BCUT2D eigenvalue weighted by Crippen LogP contribution is 2.32. The Morgan fingerprint density at radius 1 is 1.44 bits per heavy atom.